The predicted octanol–water partition coefficient (Wildman–Crippen LogP) is 1.06. The van der Waals surface area contributed by atoms with Crippen molar-refractivity contribution < 1.29 is 14.3 Å². The lowest BCUT2D eigenvalue weighted by Crippen LogP contribution is -2.24. The summed E-state index contributed by atoms with van der Waals surface area (Å²) in [6.45, 7) is 2.17. The number of nitrogens with one attached hydrogen (secondary N) is 1. The molecule has 16 heavy (non-hydrogen) atoms. The van der Waals surface area contributed by atoms with Crippen LogP contribution in [0.2, 0.25) is 0 Å². The van der Waals surface area contributed by atoms with Gasteiger partial charge in [0.1, 0.15) is 0 Å². The fraction of sp³-hybridized carbons (Fsp3) is 0.273. The van der Waals surface area contributed by atoms with Crippen LogP contribution in [0, 0.1) is 11.5 Å². The van der Waals surface area contributed by atoms with E-state index in [0.29, 0.717) is 18.1 Å². The molecular formula is C11H12N2O3. The Labute approximate surface area is 93.6 Å². The first-order chi connectivity index (χ1) is 7.77. The van der Waals surface area contributed by atoms with Crippen LogP contribution in [-0.4, -0.2) is 19.1 Å². The van der Waals surface area contributed by atoms with Gasteiger partial charge < -0.3 is 9.47 Å². The molecule has 0 aliphatic carbocycles. The number of hydrogen-bond acceptors (Lipinski definition) is 4. The molecule has 0 heterocycles. The van der Waals surface area contributed by atoms with Gasteiger partial charge in [-0.15, -0.1) is 0 Å². The molecule has 1 amide bonds. The Morgan fingerprint density at radius 2 is 2.00 bits per heavy atom. The predicted molar refractivity (Wildman–Crippen MR) is 56.9 cm³/mol. The van der Waals surface area contributed by atoms with E-state index >= 15 is 0 Å². The number of rotatable bonds is 5. The quantitative estimate of drug-likeness (QED) is 0.595. The summed E-state index contributed by atoms with van der Waals surface area (Å²) in [4.78, 5) is 11.0. The monoisotopic (exact) mass is 220 g/mol. The van der Waals surface area contributed by atoms with E-state index in [1.54, 1.807) is 18.2 Å². The van der Waals surface area contributed by atoms with Crippen molar-refractivity contribution in [2.24, 2.45) is 0 Å². The molecule has 0 bridgehead atoms. The zero-order valence-corrected chi connectivity index (χ0v) is 8.90. The Morgan fingerprint density at radius 3 is 2.56 bits per heavy atom. The third-order valence-corrected chi connectivity index (χ3v) is 1.70. The number of amides is 1. The van der Waals surface area contributed by atoms with Gasteiger partial charge in [-0.1, -0.05) is 12.1 Å². The number of carbonyl (C=O) groups is 1. The number of nitrogens with zero attached hydrogens (tertiary/aromatic N) is 1. The molecule has 0 unspecified atom stereocenters. The van der Waals surface area contributed by atoms with Gasteiger partial charge in [-0.05, 0) is 19.1 Å². The first-order valence-corrected chi connectivity index (χ1v) is 4.80. The van der Waals surface area contributed by atoms with Crippen molar-refractivity contribution in [3.63, 3.8) is 0 Å². The lowest BCUT2D eigenvalue weighted by atomic mass is 10.3. The average molecular weight is 220 g/mol. The minimum Gasteiger partial charge on any atom is -0.490 e. The fourth-order valence-corrected chi connectivity index (χ4v) is 1.09. The van der Waals surface area contributed by atoms with E-state index in [-0.39, 0.29) is 6.61 Å². The highest BCUT2D eigenvalue weighted by molar-refractivity contribution is 5.78. The van der Waals surface area contributed by atoms with Crippen molar-refractivity contribution >= 4 is 5.91 Å². The molecule has 84 valence electrons. The number of ether oxygens (including phenoxy) is 2. The van der Waals surface area contributed by atoms with Crippen LogP contribution in [-0.2, 0) is 4.79 Å². The summed E-state index contributed by atoms with van der Waals surface area (Å²) >= 11 is 0. The number of benzene rings is 1. The molecule has 0 fully saturated rings. The molecule has 0 radical (unpaired) electrons. The van der Waals surface area contributed by atoms with Gasteiger partial charge in [0.15, 0.2) is 24.3 Å². The maximum Gasteiger partial charge on any atom is 0.270 e. The standard InChI is InChI=1S/C11H12N2O3/c1-2-15-9-5-3-4-6-10(9)16-7-11(14)13-8-12/h3-6H,2,7H2,1H3,(H,13,14). The molecule has 1 aromatic rings. The van der Waals surface area contributed by atoms with Gasteiger partial charge in [-0.3, -0.25) is 10.1 Å². The number of hydrogen-bond donors (Lipinski definition) is 1. The number of para-hydroxylation sites is 2. The smallest absolute Gasteiger partial charge is 0.270 e. The molecule has 0 aliphatic rings. The third kappa shape index (κ3) is 3.50. The van der Waals surface area contributed by atoms with Gasteiger partial charge in [0, 0.05) is 0 Å². The average Bonchev–Trinajstić information content (AvgIpc) is 2.29. The van der Waals surface area contributed by atoms with Crippen molar-refractivity contribution in [2.45, 2.75) is 6.92 Å². The molecule has 0 saturated carbocycles. The molecule has 1 rings (SSSR count). The third-order valence-electron chi connectivity index (χ3n) is 1.70. The van der Waals surface area contributed by atoms with E-state index in [2.05, 4.69) is 0 Å². The summed E-state index contributed by atoms with van der Waals surface area (Å²) in [6.07, 6.45) is 1.53. The lowest BCUT2D eigenvalue weighted by molar-refractivity contribution is -0.121. The van der Waals surface area contributed by atoms with Gasteiger partial charge >= 0.3 is 0 Å². The van der Waals surface area contributed by atoms with Crippen LogP contribution in [0.5, 0.6) is 11.5 Å². The van der Waals surface area contributed by atoms with Crippen LogP contribution in [0.3, 0.4) is 0 Å². The van der Waals surface area contributed by atoms with Crippen LogP contribution < -0.4 is 14.8 Å². The van der Waals surface area contributed by atoms with Gasteiger partial charge in [0.2, 0.25) is 0 Å². The van der Waals surface area contributed by atoms with Crippen LogP contribution in [0.15, 0.2) is 24.3 Å². The SMILES string of the molecule is CCOc1ccccc1OCC(=O)NC#N. The molecule has 5 heteroatoms. The molecule has 0 aliphatic heterocycles. The van der Waals surface area contributed by atoms with Crippen molar-refractivity contribution in [1.29, 1.82) is 5.26 Å². The zero-order chi connectivity index (χ0) is 11.8. The van der Waals surface area contributed by atoms with Crippen molar-refractivity contribution in [1.82, 2.24) is 5.32 Å². The Kier molecular flexibility index (Phi) is 4.67. The van der Waals surface area contributed by atoms with Gasteiger partial charge in [0.25, 0.3) is 5.91 Å². The highest BCUT2D eigenvalue weighted by Crippen LogP contribution is 2.25. The molecule has 5 nitrogen and oxygen atoms in total. The Hall–Kier alpha value is -2.22. The molecule has 1 N–H and O–H groups in total. The summed E-state index contributed by atoms with van der Waals surface area (Å²) in [5.41, 5.74) is 0. The Morgan fingerprint density at radius 1 is 1.38 bits per heavy atom. The highest BCUT2D eigenvalue weighted by atomic mass is 16.5. The Balaban J connectivity index is 2.59. The maximum absolute atomic E-state index is 11.0. The maximum atomic E-state index is 11.0. The molecule has 0 saturated heterocycles. The summed E-state index contributed by atoms with van der Waals surface area (Å²) in [5.74, 6) is 0.570. The summed E-state index contributed by atoms with van der Waals surface area (Å²) in [5, 5.41) is 10.2. The molecule has 0 aromatic heterocycles. The highest BCUT2D eigenvalue weighted by Gasteiger charge is 2.06. The van der Waals surface area contributed by atoms with Crippen LogP contribution in [0.25, 0.3) is 0 Å². The van der Waals surface area contributed by atoms with E-state index in [1.165, 1.54) is 6.19 Å². The van der Waals surface area contributed by atoms with Crippen LogP contribution in [0.1, 0.15) is 6.92 Å². The Bertz CT molecular complexity index is 398. The van der Waals surface area contributed by atoms with E-state index < -0.39 is 5.91 Å². The second-order valence-corrected chi connectivity index (χ2v) is 2.83. The van der Waals surface area contributed by atoms with Gasteiger partial charge in [-0.25, -0.2) is 0 Å². The largest absolute Gasteiger partial charge is 0.490 e. The topological polar surface area (TPSA) is 71.3 Å². The number of nitriles is 1. The minimum absolute atomic E-state index is 0.211. The normalized spacial score (nSPS) is 9.00. The van der Waals surface area contributed by atoms with Crippen LogP contribution in [0.4, 0.5) is 0 Å². The first kappa shape index (κ1) is 11.9. The lowest BCUT2D eigenvalue weighted by Gasteiger charge is -2.10. The second kappa shape index (κ2) is 6.30. The summed E-state index contributed by atoms with van der Waals surface area (Å²) in [6, 6.07) is 7.04. The van der Waals surface area contributed by atoms with Crippen molar-refractivity contribution in [3.8, 4) is 17.7 Å². The van der Waals surface area contributed by atoms with E-state index in [0.717, 1.165) is 0 Å². The van der Waals surface area contributed by atoms with Crippen molar-refractivity contribution in [2.75, 3.05) is 13.2 Å². The fourth-order valence-electron chi connectivity index (χ4n) is 1.09. The second-order valence-electron chi connectivity index (χ2n) is 2.83. The molecule has 1 aromatic carbocycles. The van der Waals surface area contributed by atoms with E-state index in [4.69, 9.17) is 14.7 Å². The minimum atomic E-state index is -0.492. The number of carbonyl (C=O) groups excluding carboxylic acids is 1. The van der Waals surface area contributed by atoms with Crippen molar-refractivity contribution in [3.05, 3.63) is 24.3 Å². The molecule has 0 atom stereocenters. The first-order valence-electron chi connectivity index (χ1n) is 4.80. The van der Waals surface area contributed by atoms with Crippen LogP contribution >= 0.6 is 0 Å². The summed E-state index contributed by atoms with van der Waals surface area (Å²) in [7, 11) is 0. The van der Waals surface area contributed by atoms with Gasteiger partial charge in [-0.2, -0.15) is 5.26 Å². The summed E-state index contributed by atoms with van der Waals surface area (Å²) < 4.78 is 10.5. The molecule has 0 spiro atoms. The van der Waals surface area contributed by atoms with E-state index in [9.17, 15) is 4.79 Å². The zero-order valence-electron chi connectivity index (χ0n) is 8.90. The molecular weight excluding hydrogens is 208 g/mol. The van der Waals surface area contributed by atoms with E-state index in [1.807, 2.05) is 18.3 Å². The van der Waals surface area contributed by atoms with Gasteiger partial charge in [0.05, 0.1) is 6.61 Å².